The maximum absolute atomic E-state index is 14.5. The van der Waals surface area contributed by atoms with E-state index in [4.69, 9.17) is 0 Å². The van der Waals surface area contributed by atoms with Crippen LogP contribution in [0.15, 0.2) is 60.9 Å². The summed E-state index contributed by atoms with van der Waals surface area (Å²) in [5, 5.41) is 9.31. The number of hydrogen-bond acceptors (Lipinski definition) is 4. The van der Waals surface area contributed by atoms with Crippen LogP contribution in [0, 0.1) is 17.1 Å². The Morgan fingerprint density at radius 1 is 1.15 bits per heavy atom. The van der Waals surface area contributed by atoms with Gasteiger partial charge in [-0.15, -0.1) is 0 Å². The Hall–Kier alpha value is -3.85. The molecule has 0 saturated heterocycles. The Bertz CT molecular complexity index is 1240. The van der Waals surface area contributed by atoms with Crippen molar-refractivity contribution in [2.45, 2.75) is 6.92 Å². The molecule has 2 aromatic carbocycles. The summed E-state index contributed by atoms with van der Waals surface area (Å²) >= 11 is 0. The van der Waals surface area contributed by atoms with Gasteiger partial charge in [-0.3, -0.25) is 9.20 Å². The zero-order valence-electron chi connectivity index (χ0n) is 14.3. The van der Waals surface area contributed by atoms with Crippen molar-refractivity contribution in [3.8, 4) is 28.5 Å². The molecule has 0 spiro atoms. The molecule has 0 aliphatic carbocycles. The summed E-state index contributed by atoms with van der Waals surface area (Å²) in [5.74, 6) is -0.160. The van der Waals surface area contributed by atoms with E-state index in [9.17, 15) is 14.4 Å². The molecule has 5 nitrogen and oxygen atoms in total. The summed E-state index contributed by atoms with van der Waals surface area (Å²) in [7, 11) is 0. The van der Waals surface area contributed by atoms with E-state index in [1.807, 2.05) is 0 Å². The van der Waals surface area contributed by atoms with Crippen molar-refractivity contribution in [1.29, 1.82) is 5.26 Å². The van der Waals surface area contributed by atoms with Gasteiger partial charge in [0, 0.05) is 29.8 Å². The van der Waals surface area contributed by atoms with Gasteiger partial charge in [-0.25, -0.2) is 14.4 Å². The molecule has 0 radical (unpaired) electrons. The summed E-state index contributed by atoms with van der Waals surface area (Å²) in [4.78, 5) is 20.0. The van der Waals surface area contributed by atoms with Crippen molar-refractivity contribution >= 4 is 11.6 Å². The van der Waals surface area contributed by atoms with Gasteiger partial charge in [0.15, 0.2) is 5.78 Å². The number of hydrogen-bond donors (Lipinski definition) is 0. The predicted octanol–water partition coefficient (Wildman–Crippen LogP) is 4.28. The van der Waals surface area contributed by atoms with Crippen LogP contribution in [0.4, 0.5) is 4.39 Å². The third-order valence-electron chi connectivity index (χ3n) is 4.34. The molecule has 130 valence electrons. The second-order valence-electron chi connectivity index (χ2n) is 6.03. The van der Waals surface area contributed by atoms with Gasteiger partial charge in [-0.1, -0.05) is 18.2 Å². The number of halogens is 1. The molecule has 0 amide bonds. The van der Waals surface area contributed by atoms with Gasteiger partial charge in [-0.05, 0) is 30.3 Å². The highest BCUT2D eigenvalue weighted by Crippen LogP contribution is 2.31. The lowest BCUT2D eigenvalue weighted by molar-refractivity contribution is 0.101. The third kappa shape index (κ3) is 2.85. The van der Waals surface area contributed by atoms with E-state index in [1.165, 1.54) is 13.0 Å². The Morgan fingerprint density at radius 2 is 1.96 bits per heavy atom. The Labute approximate surface area is 154 Å². The van der Waals surface area contributed by atoms with Gasteiger partial charge in [0.1, 0.15) is 11.5 Å². The van der Waals surface area contributed by atoms with Gasteiger partial charge in [0.25, 0.3) is 0 Å². The molecule has 2 aromatic heterocycles. The molecule has 0 bridgehead atoms. The molecule has 4 aromatic rings. The van der Waals surface area contributed by atoms with Gasteiger partial charge in [0.05, 0.1) is 23.5 Å². The highest BCUT2D eigenvalue weighted by Gasteiger charge is 2.14. The molecular formula is C21H13FN4O. The van der Waals surface area contributed by atoms with Crippen LogP contribution in [0.1, 0.15) is 23.0 Å². The first kappa shape index (κ1) is 16.6. The van der Waals surface area contributed by atoms with E-state index in [0.29, 0.717) is 33.9 Å². The largest absolute Gasteiger partial charge is 0.293 e. The molecule has 0 atom stereocenters. The fourth-order valence-electron chi connectivity index (χ4n) is 2.99. The zero-order valence-corrected chi connectivity index (χ0v) is 14.3. The molecule has 0 unspecified atom stereocenters. The number of nitriles is 1. The lowest BCUT2D eigenvalue weighted by atomic mass is 9.97. The molecular weight excluding hydrogens is 343 g/mol. The van der Waals surface area contributed by atoms with Gasteiger partial charge < -0.3 is 0 Å². The van der Waals surface area contributed by atoms with Gasteiger partial charge in [-0.2, -0.15) is 5.26 Å². The van der Waals surface area contributed by atoms with Crippen LogP contribution in [0.25, 0.3) is 28.2 Å². The Balaban J connectivity index is 1.88. The number of Topliss-reactive ketones (excluding diaryl/α,β-unsaturated/α-hetero) is 1. The monoisotopic (exact) mass is 356 g/mol. The summed E-state index contributed by atoms with van der Waals surface area (Å²) in [6, 6.07) is 15.3. The van der Waals surface area contributed by atoms with E-state index in [1.54, 1.807) is 59.3 Å². The van der Waals surface area contributed by atoms with Crippen LogP contribution in [-0.2, 0) is 0 Å². The summed E-state index contributed by atoms with van der Waals surface area (Å²) in [5.41, 5.74) is 3.05. The fraction of sp³-hybridized carbons (Fsp3) is 0.0476. The minimum absolute atomic E-state index is 0.140. The first-order valence-corrected chi connectivity index (χ1v) is 8.23. The van der Waals surface area contributed by atoms with E-state index in [0.717, 1.165) is 5.56 Å². The molecule has 0 aliphatic heterocycles. The number of imidazole rings is 1. The summed E-state index contributed by atoms with van der Waals surface area (Å²) in [6.45, 7) is 1.45. The van der Waals surface area contributed by atoms with E-state index < -0.39 is 5.82 Å². The first-order chi connectivity index (χ1) is 13.1. The molecule has 4 rings (SSSR count). The number of benzene rings is 2. The smallest absolute Gasteiger partial charge is 0.234 e. The van der Waals surface area contributed by atoms with Gasteiger partial charge in [0.2, 0.25) is 5.78 Å². The number of aromatic nitrogens is 3. The normalized spacial score (nSPS) is 10.7. The highest BCUT2D eigenvalue weighted by molar-refractivity contribution is 5.92. The predicted molar refractivity (Wildman–Crippen MR) is 98.5 cm³/mol. The second kappa shape index (κ2) is 6.46. The molecule has 27 heavy (non-hydrogen) atoms. The standard InChI is InChI=1S/C21H13FN4O/c1-13(27)19-8-9-26-20(12-24-21(26)25-19)14-6-7-18(22)17(10-14)16-5-3-2-4-15(16)11-23/h2-10,12H,1H3. The van der Waals surface area contributed by atoms with Crippen LogP contribution < -0.4 is 0 Å². The lowest BCUT2D eigenvalue weighted by Gasteiger charge is -2.09. The molecule has 6 heteroatoms. The first-order valence-electron chi connectivity index (χ1n) is 8.23. The number of rotatable bonds is 3. The van der Waals surface area contributed by atoms with Crippen molar-refractivity contribution in [2.75, 3.05) is 0 Å². The number of fused-ring (bicyclic) bond motifs is 1. The lowest BCUT2D eigenvalue weighted by Crippen LogP contribution is -2.00. The number of carbonyl (C=O) groups is 1. The van der Waals surface area contributed by atoms with E-state index in [2.05, 4.69) is 16.0 Å². The maximum Gasteiger partial charge on any atom is 0.234 e. The molecule has 0 N–H and O–H groups in total. The van der Waals surface area contributed by atoms with Crippen molar-refractivity contribution in [1.82, 2.24) is 14.4 Å². The number of ketones is 1. The SMILES string of the molecule is CC(=O)c1ccn2c(-c3ccc(F)c(-c4ccccc4C#N)c3)cnc2n1. The summed E-state index contributed by atoms with van der Waals surface area (Å²) in [6.07, 6.45) is 3.34. The zero-order chi connectivity index (χ0) is 19.0. The van der Waals surface area contributed by atoms with Crippen LogP contribution >= 0.6 is 0 Å². The third-order valence-corrected chi connectivity index (χ3v) is 4.34. The number of carbonyl (C=O) groups excluding carboxylic acids is 1. The quantitative estimate of drug-likeness (QED) is 0.514. The van der Waals surface area contributed by atoms with Crippen LogP contribution in [0.5, 0.6) is 0 Å². The molecule has 0 saturated carbocycles. The average Bonchev–Trinajstić information content (AvgIpc) is 3.11. The van der Waals surface area contributed by atoms with E-state index >= 15 is 0 Å². The minimum atomic E-state index is -0.410. The Morgan fingerprint density at radius 3 is 2.74 bits per heavy atom. The topological polar surface area (TPSA) is 71.0 Å². The molecule has 0 fully saturated rings. The minimum Gasteiger partial charge on any atom is -0.293 e. The molecule has 0 aliphatic rings. The van der Waals surface area contributed by atoms with Crippen molar-refractivity contribution in [3.63, 3.8) is 0 Å². The highest BCUT2D eigenvalue weighted by atomic mass is 19.1. The van der Waals surface area contributed by atoms with Crippen molar-refractivity contribution in [2.24, 2.45) is 0 Å². The number of nitrogens with zero attached hydrogens (tertiary/aromatic N) is 4. The fourth-order valence-corrected chi connectivity index (χ4v) is 2.99. The van der Waals surface area contributed by atoms with Crippen molar-refractivity contribution in [3.05, 3.63) is 78.0 Å². The van der Waals surface area contributed by atoms with Crippen LogP contribution in [-0.4, -0.2) is 20.2 Å². The maximum atomic E-state index is 14.5. The van der Waals surface area contributed by atoms with E-state index in [-0.39, 0.29) is 5.78 Å². The Kier molecular flexibility index (Phi) is 3.98. The van der Waals surface area contributed by atoms with Crippen molar-refractivity contribution < 1.29 is 9.18 Å². The summed E-state index contributed by atoms with van der Waals surface area (Å²) < 4.78 is 16.2. The average molecular weight is 356 g/mol. The van der Waals surface area contributed by atoms with Crippen LogP contribution in [0.3, 0.4) is 0 Å². The van der Waals surface area contributed by atoms with Gasteiger partial charge >= 0.3 is 0 Å². The second-order valence-corrected chi connectivity index (χ2v) is 6.03. The van der Waals surface area contributed by atoms with Crippen LogP contribution in [0.2, 0.25) is 0 Å². The molecule has 2 heterocycles.